The number of anilines is 1. The van der Waals surface area contributed by atoms with E-state index in [9.17, 15) is 13.2 Å². The smallest absolute Gasteiger partial charge is 0.251 e. The second-order valence-electron chi connectivity index (χ2n) is 4.23. The van der Waals surface area contributed by atoms with Crippen LogP contribution in [-0.2, 0) is 10.0 Å². The molecule has 1 aromatic carbocycles. The normalized spacial score (nSPS) is 10.9. The van der Waals surface area contributed by atoms with Gasteiger partial charge in [0, 0.05) is 19.2 Å². The maximum Gasteiger partial charge on any atom is 0.251 e. The lowest BCUT2D eigenvalue weighted by Crippen LogP contribution is -2.27. The molecule has 0 aliphatic carbocycles. The van der Waals surface area contributed by atoms with Gasteiger partial charge in [-0.2, -0.15) is 0 Å². The van der Waals surface area contributed by atoms with Crippen LogP contribution < -0.4 is 9.62 Å². The molecule has 1 rings (SSSR count). The van der Waals surface area contributed by atoms with Crippen LogP contribution in [-0.4, -0.2) is 34.2 Å². The summed E-state index contributed by atoms with van der Waals surface area (Å²) in [6, 6.07) is 4.95. The van der Waals surface area contributed by atoms with Crippen LogP contribution in [0.4, 0.5) is 5.69 Å². The Morgan fingerprint density at radius 1 is 1.47 bits per heavy atom. The minimum Gasteiger partial charge on any atom is -0.349 e. The van der Waals surface area contributed by atoms with Crippen molar-refractivity contribution in [2.24, 2.45) is 0 Å². The van der Waals surface area contributed by atoms with Crippen LogP contribution in [0, 0.1) is 6.92 Å². The molecule has 0 spiro atoms. The Bertz CT molecular complexity index is 594. The molecule has 0 aromatic heterocycles. The lowest BCUT2D eigenvalue weighted by Gasteiger charge is -2.19. The number of hydrogen-bond acceptors (Lipinski definition) is 3. The molecule has 0 heterocycles. The fourth-order valence-electron chi connectivity index (χ4n) is 1.54. The van der Waals surface area contributed by atoms with E-state index in [0.29, 0.717) is 17.8 Å². The molecule has 0 bridgehead atoms. The van der Waals surface area contributed by atoms with E-state index >= 15 is 0 Å². The molecule has 1 N–H and O–H groups in total. The van der Waals surface area contributed by atoms with Crippen LogP contribution in [0.25, 0.3) is 0 Å². The molecule has 1 aromatic rings. The van der Waals surface area contributed by atoms with Gasteiger partial charge in [-0.25, -0.2) is 8.42 Å². The number of sulfonamides is 1. The van der Waals surface area contributed by atoms with Gasteiger partial charge in [-0.1, -0.05) is 12.1 Å². The molecule has 0 aliphatic rings. The summed E-state index contributed by atoms with van der Waals surface area (Å²) in [5.41, 5.74) is 1.69. The summed E-state index contributed by atoms with van der Waals surface area (Å²) in [6.07, 6.45) is 2.70. The molecular weight excluding hydrogens is 264 g/mol. The maximum absolute atomic E-state index is 11.8. The molecule has 0 atom stereocenters. The topological polar surface area (TPSA) is 66.5 Å². The van der Waals surface area contributed by atoms with Gasteiger partial charge < -0.3 is 5.32 Å². The Morgan fingerprint density at radius 2 is 2.11 bits per heavy atom. The standard InChI is InChI=1S/C13H18N2O3S/c1-5-8-14-13(16)11-7-6-10(2)12(9-11)15(3)19(4,17)18/h5-7,9H,1,8H2,2-4H3,(H,14,16). The summed E-state index contributed by atoms with van der Waals surface area (Å²) >= 11 is 0. The molecule has 104 valence electrons. The Labute approximate surface area is 114 Å². The number of amides is 1. The van der Waals surface area contributed by atoms with E-state index in [0.717, 1.165) is 16.1 Å². The van der Waals surface area contributed by atoms with Crippen molar-refractivity contribution in [2.75, 3.05) is 24.2 Å². The number of nitrogens with one attached hydrogen (secondary N) is 1. The quantitative estimate of drug-likeness (QED) is 0.828. The van der Waals surface area contributed by atoms with Crippen molar-refractivity contribution in [1.82, 2.24) is 5.32 Å². The molecule has 0 fully saturated rings. The number of carbonyl (C=O) groups is 1. The van der Waals surface area contributed by atoms with Crippen LogP contribution in [0.15, 0.2) is 30.9 Å². The van der Waals surface area contributed by atoms with Gasteiger partial charge in [0.25, 0.3) is 5.91 Å². The average molecular weight is 282 g/mol. The summed E-state index contributed by atoms with van der Waals surface area (Å²) in [5, 5.41) is 2.65. The molecule has 0 radical (unpaired) electrons. The zero-order valence-corrected chi connectivity index (χ0v) is 12.1. The van der Waals surface area contributed by atoms with Crippen molar-refractivity contribution in [2.45, 2.75) is 6.92 Å². The number of rotatable bonds is 5. The lowest BCUT2D eigenvalue weighted by molar-refractivity contribution is 0.0958. The van der Waals surface area contributed by atoms with Crippen LogP contribution >= 0.6 is 0 Å². The summed E-state index contributed by atoms with van der Waals surface area (Å²) in [6.45, 7) is 5.68. The van der Waals surface area contributed by atoms with Crippen LogP contribution in [0.2, 0.25) is 0 Å². The van der Waals surface area contributed by atoms with Crippen molar-refractivity contribution < 1.29 is 13.2 Å². The van der Waals surface area contributed by atoms with E-state index in [2.05, 4.69) is 11.9 Å². The van der Waals surface area contributed by atoms with Gasteiger partial charge >= 0.3 is 0 Å². The molecule has 0 unspecified atom stereocenters. The first-order chi connectivity index (χ1) is 8.77. The molecule has 19 heavy (non-hydrogen) atoms. The molecule has 0 saturated carbocycles. The highest BCUT2D eigenvalue weighted by molar-refractivity contribution is 7.92. The third-order valence-corrected chi connectivity index (χ3v) is 3.91. The number of benzene rings is 1. The van der Waals surface area contributed by atoms with Crippen molar-refractivity contribution in [3.8, 4) is 0 Å². The maximum atomic E-state index is 11.8. The fourth-order valence-corrected chi connectivity index (χ4v) is 2.09. The Morgan fingerprint density at radius 3 is 2.63 bits per heavy atom. The minimum atomic E-state index is -3.35. The molecular formula is C13H18N2O3S. The number of carbonyl (C=O) groups excluding carboxylic acids is 1. The second kappa shape index (κ2) is 5.88. The van der Waals surface area contributed by atoms with Gasteiger partial charge in [-0.3, -0.25) is 9.10 Å². The van der Waals surface area contributed by atoms with Crippen LogP contribution in [0.5, 0.6) is 0 Å². The van der Waals surface area contributed by atoms with E-state index in [1.54, 1.807) is 31.2 Å². The van der Waals surface area contributed by atoms with Crippen LogP contribution in [0.1, 0.15) is 15.9 Å². The van der Waals surface area contributed by atoms with Gasteiger partial charge in [0.1, 0.15) is 0 Å². The summed E-state index contributed by atoms with van der Waals surface area (Å²) in [4.78, 5) is 11.8. The predicted molar refractivity (Wildman–Crippen MR) is 77.0 cm³/mol. The van der Waals surface area contributed by atoms with Crippen molar-refractivity contribution in [3.05, 3.63) is 42.0 Å². The molecule has 0 aliphatic heterocycles. The van der Waals surface area contributed by atoms with Gasteiger partial charge in [0.2, 0.25) is 10.0 Å². The van der Waals surface area contributed by atoms with E-state index < -0.39 is 10.0 Å². The van der Waals surface area contributed by atoms with Crippen LogP contribution in [0.3, 0.4) is 0 Å². The summed E-state index contributed by atoms with van der Waals surface area (Å²) in [7, 11) is -1.89. The van der Waals surface area contributed by atoms with E-state index in [1.807, 2.05) is 0 Å². The number of hydrogen-bond donors (Lipinski definition) is 1. The Balaban J connectivity index is 3.14. The average Bonchev–Trinajstić information content (AvgIpc) is 2.34. The zero-order valence-electron chi connectivity index (χ0n) is 11.3. The molecule has 1 amide bonds. The highest BCUT2D eigenvalue weighted by atomic mass is 32.2. The lowest BCUT2D eigenvalue weighted by atomic mass is 10.1. The molecule has 6 heteroatoms. The second-order valence-corrected chi connectivity index (χ2v) is 6.24. The zero-order chi connectivity index (χ0) is 14.6. The van der Waals surface area contributed by atoms with Gasteiger partial charge in [0.05, 0.1) is 11.9 Å². The molecule has 5 nitrogen and oxygen atoms in total. The number of aryl methyl sites for hydroxylation is 1. The highest BCUT2D eigenvalue weighted by Crippen LogP contribution is 2.22. The third-order valence-electron chi connectivity index (χ3n) is 2.72. The number of nitrogens with zero attached hydrogens (tertiary/aromatic N) is 1. The van der Waals surface area contributed by atoms with E-state index in [1.165, 1.54) is 7.05 Å². The first kappa shape index (κ1) is 15.2. The largest absolute Gasteiger partial charge is 0.349 e. The Kier molecular flexibility index (Phi) is 4.72. The van der Waals surface area contributed by atoms with Gasteiger partial charge in [0.15, 0.2) is 0 Å². The Hall–Kier alpha value is -1.82. The van der Waals surface area contributed by atoms with E-state index in [4.69, 9.17) is 0 Å². The van der Waals surface area contributed by atoms with E-state index in [-0.39, 0.29) is 5.91 Å². The first-order valence-corrected chi connectivity index (χ1v) is 7.56. The van der Waals surface area contributed by atoms with Crippen molar-refractivity contribution >= 4 is 21.6 Å². The van der Waals surface area contributed by atoms with Gasteiger partial charge in [-0.05, 0) is 24.6 Å². The first-order valence-electron chi connectivity index (χ1n) is 5.71. The minimum absolute atomic E-state index is 0.261. The third kappa shape index (κ3) is 3.82. The van der Waals surface area contributed by atoms with Crippen molar-refractivity contribution in [1.29, 1.82) is 0 Å². The van der Waals surface area contributed by atoms with Crippen molar-refractivity contribution in [3.63, 3.8) is 0 Å². The fraction of sp³-hybridized carbons (Fsp3) is 0.308. The SMILES string of the molecule is C=CCNC(=O)c1ccc(C)c(N(C)S(C)(=O)=O)c1. The highest BCUT2D eigenvalue weighted by Gasteiger charge is 2.16. The summed E-state index contributed by atoms with van der Waals surface area (Å²) < 4.78 is 24.3. The monoisotopic (exact) mass is 282 g/mol. The predicted octanol–water partition coefficient (Wildman–Crippen LogP) is 1.31. The summed E-state index contributed by atoms with van der Waals surface area (Å²) in [5.74, 6) is -0.261. The molecule has 0 saturated heterocycles. The van der Waals surface area contributed by atoms with Gasteiger partial charge in [-0.15, -0.1) is 6.58 Å².